The van der Waals surface area contributed by atoms with Crippen molar-refractivity contribution in [2.24, 2.45) is 11.1 Å². The van der Waals surface area contributed by atoms with Crippen molar-refractivity contribution >= 4 is 17.6 Å². The van der Waals surface area contributed by atoms with Crippen LogP contribution in [0.3, 0.4) is 0 Å². The number of aliphatic carboxylic acids is 1. The van der Waals surface area contributed by atoms with E-state index < -0.39 is 11.4 Å². The molecule has 5 aromatic rings. The lowest BCUT2D eigenvalue weighted by molar-refractivity contribution is -0.157. The largest absolute Gasteiger partial charge is 0.481 e. The molecule has 0 aliphatic carbocycles. The monoisotopic (exact) mass is 666 g/mol. The Bertz CT molecular complexity index is 1760. The number of hydrogen-bond donors (Lipinski definition) is 2. The van der Waals surface area contributed by atoms with Crippen molar-refractivity contribution < 1.29 is 19.2 Å². The van der Waals surface area contributed by atoms with E-state index in [1.165, 1.54) is 0 Å². The average Bonchev–Trinajstić information content (AvgIpc) is 3.57. The maximum Gasteiger partial charge on any atom is 0.312 e. The maximum absolute atomic E-state index is 12.2. The summed E-state index contributed by atoms with van der Waals surface area (Å²) in [6.45, 7) is 8.67. The number of carboxylic acid groups (broad SMARTS) is 1. The predicted octanol–water partition coefficient (Wildman–Crippen LogP) is 8.35. The van der Waals surface area contributed by atoms with Gasteiger partial charge in [-0.15, -0.1) is 0 Å². The Morgan fingerprint density at radius 3 is 2.10 bits per heavy atom. The fraction of sp³-hybridized carbons (Fsp3) is 0.308. The number of ether oxygens (including phenoxy) is 1. The first-order chi connectivity index (χ1) is 23.0. The van der Waals surface area contributed by atoms with Gasteiger partial charge in [0.25, 0.3) is 5.89 Å². The summed E-state index contributed by atoms with van der Waals surface area (Å²) in [4.78, 5) is 19.1. The highest BCUT2D eigenvalue weighted by Gasteiger charge is 2.41. The van der Waals surface area contributed by atoms with Gasteiger partial charge in [-0.25, -0.2) is 0 Å². The number of rotatable bonds is 10. The third kappa shape index (κ3) is 9.61. The molecule has 0 bridgehead atoms. The molecule has 0 spiro atoms. The molecule has 0 saturated carbocycles. The molecule has 1 aromatic heterocycles. The van der Waals surface area contributed by atoms with Gasteiger partial charge in [0.1, 0.15) is 0 Å². The molecule has 0 atom stereocenters. The van der Waals surface area contributed by atoms with Gasteiger partial charge < -0.3 is 20.1 Å². The van der Waals surface area contributed by atoms with Crippen LogP contribution < -0.4 is 5.73 Å². The predicted molar refractivity (Wildman–Crippen MR) is 190 cm³/mol. The van der Waals surface area contributed by atoms with E-state index in [-0.39, 0.29) is 12.1 Å². The number of carboxylic acids is 1. The molecule has 8 nitrogen and oxygen atoms in total. The molecule has 0 radical (unpaired) electrons. The minimum Gasteiger partial charge on any atom is -0.481 e. The summed E-state index contributed by atoms with van der Waals surface area (Å²) < 4.78 is 11.4. The van der Waals surface area contributed by atoms with Crippen molar-refractivity contribution in [2.45, 2.75) is 52.3 Å². The normalized spacial score (nSPS) is 14.6. The van der Waals surface area contributed by atoms with Crippen molar-refractivity contribution in [1.29, 1.82) is 0 Å². The maximum atomic E-state index is 12.2. The number of hydrogen-bond acceptors (Lipinski definition) is 7. The zero-order chi connectivity index (χ0) is 34.1. The SMILES string of the molecule is CC(C)(C)N.O=C(O)C1(COCc2ccccc2)CCN(Cc2ccc(-c3noc(-c4ccc(-c5ccccc5)c(Cl)c4)n3)cc2)CC1. The van der Waals surface area contributed by atoms with Crippen molar-refractivity contribution in [3.63, 3.8) is 0 Å². The van der Waals surface area contributed by atoms with E-state index in [2.05, 4.69) is 27.2 Å². The molecule has 0 unspecified atom stereocenters. The van der Waals surface area contributed by atoms with Gasteiger partial charge in [0.2, 0.25) is 5.82 Å². The van der Waals surface area contributed by atoms with Crippen LogP contribution in [0.4, 0.5) is 0 Å². The molecular weight excluding hydrogens is 624 g/mol. The molecule has 250 valence electrons. The van der Waals surface area contributed by atoms with E-state index in [4.69, 9.17) is 26.6 Å². The number of benzene rings is 4. The van der Waals surface area contributed by atoms with E-state index in [0.717, 1.165) is 39.9 Å². The first kappa shape index (κ1) is 35.0. The first-order valence-electron chi connectivity index (χ1n) is 16.1. The smallest absolute Gasteiger partial charge is 0.312 e. The number of piperidine rings is 1. The second-order valence-electron chi connectivity index (χ2n) is 13.4. The van der Waals surface area contributed by atoms with Crippen LogP contribution in [0.5, 0.6) is 0 Å². The molecule has 9 heteroatoms. The Labute approximate surface area is 287 Å². The van der Waals surface area contributed by atoms with Crippen LogP contribution in [0.25, 0.3) is 34.0 Å². The topological polar surface area (TPSA) is 115 Å². The van der Waals surface area contributed by atoms with E-state index in [1.807, 2.05) is 112 Å². The lowest BCUT2D eigenvalue weighted by atomic mass is 9.79. The second-order valence-corrected chi connectivity index (χ2v) is 13.8. The number of nitrogens with two attached hydrogens (primary N) is 1. The lowest BCUT2D eigenvalue weighted by Gasteiger charge is -2.38. The summed E-state index contributed by atoms with van der Waals surface area (Å²) >= 11 is 6.58. The van der Waals surface area contributed by atoms with Crippen LogP contribution in [0.15, 0.2) is 108 Å². The molecule has 6 rings (SSSR count). The molecule has 1 aliphatic rings. The highest BCUT2D eigenvalue weighted by molar-refractivity contribution is 6.33. The fourth-order valence-corrected chi connectivity index (χ4v) is 5.76. The highest BCUT2D eigenvalue weighted by atomic mass is 35.5. The van der Waals surface area contributed by atoms with Gasteiger partial charge in [0.05, 0.1) is 18.6 Å². The van der Waals surface area contributed by atoms with E-state index >= 15 is 0 Å². The number of likely N-dealkylation sites (tertiary alicyclic amines) is 1. The lowest BCUT2D eigenvalue weighted by Crippen LogP contribution is -2.46. The first-order valence-corrected chi connectivity index (χ1v) is 16.5. The Morgan fingerprint density at radius 1 is 0.896 bits per heavy atom. The van der Waals surface area contributed by atoms with Crippen LogP contribution in [-0.4, -0.2) is 51.4 Å². The Morgan fingerprint density at radius 2 is 1.50 bits per heavy atom. The standard InChI is InChI=1S/C35H32ClN3O4.C4H11N/c36-31-21-29(15-16-30(31)27-9-5-2-6-10-27)33-37-32(38-43-33)28-13-11-25(12-14-28)22-39-19-17-35(18-20-39,34(40)41)24-42-23-26-7-3-1-4-8-26;1-4(2,3)5/h1-16,21H,17-20,22-24H2,(H,40,41);5H2,1-3H3. The molecule has 4 aromatic carbocycles. The zero-order valence-corrected chi connectivity index (χ0v) is 28.5. The van der Waals surface area contributed by atoms with Crippen molar-refractivity contribution in [3.8, 4) is 34.0 Å². The molecule has 1 saturated heterocycles. The van der Waals surface area contributed by atoms with Gasteiger partial charge in [-0.3, -0.25) is 9.69 Å². The summed E-state index contributed by atoms with van der Waals surface area (Å²) in [6, 6.07) is 33.6. The van der Waals surface area contributed by atoms with Crippen LogP contribution in [-0.2, 0) is 22.7 Å². The molecular formula is C39H43ClN4O4. The molecule has 3 N–H and O–H groups in total. The second kappa shape index (κ2) is 15.7. The van der Waals surface area contributed by atoms with Crippen molar-refractivity contribution in [3.05, 3.63) is 119 Å². The molecule has 0 amide bonds. The van der Waals surface area contributed by atoms with Crippen LogP contribution in [0.2, 0.25) is 5.02 Å². The van der Waals surface area contributed by atoms with Crippen LogP contribution >= 0.6 is 11.6 Å². The zero-order valence-electron chi connectivity index (χ0n) is 27.7. The van der Waals surface area contributed by atoms with Crippen LogP contribution in [0, 0.1) is 5.41 Å². The molecule has 2 heterocycles. The van der Waals surface area contributed by atoms with Gasteiger partial charge in [0.15, 0.2) is 0 Å². The third-order valence-corrected chi connectivity index (χ3v) is 8.41. The van der Waals surface area contributed by atoms with E-state index in [9.17, 15) is 9.90 Å². The average molecular weight is 667 g/mol. The van der Waals surface area contributed by atoms with Gasteiger partial charge in [-0.1, -0.05) is 108 Å². The van der Waals surface area contributed by atoms with Gasteiger partial charge >= 0.3 is 5.97 Å². The van der Waals surface area contributed by atoms with Crippen molar-refractivity contribution in [2.75, 3.05) is 19.7 Å². The Hall–Kier alpha value is -4.34. The number of nitrogens with zero attached hydrogens (tertiary/aromatic N) is 3. The summed E-state index contributed by atoms with van der Waals surface area (Å²) in [5.74, 6) is 0.131. The van der Waals surface area contributed by atoms with Gasteiger partial charge in [-0.05, 0) is 75.5 Å². The Kier molecular flexibility index (Phi) is 11.4. The molecule has 1 aliphatic heterocycles. The number of carbonyl (C=O) groups is 1. The van der Waals surface area contributed by atoms with Crippen LogP contribution in [0.1, 0.15) is 44.7 Å². The highest BCUT2D eigenvalue weighted by Crippen LogP contribution is 2.34. The number of halogens is 1. The Balaban J connectivity index is 0.000000840. The minimum atomic E-state index is -0.850. The summed E-state index contributed by atoms with van der Waals surface area (Å²) in [7, 11) is 0. The van der Waals surface area contributed by atoms with Gasteiger partial charge in [-0.2, -0.15) is 4.98 Å². The number of aromatic nitrogens is 2. The molecule has 48 heavy (non-hydrogen) atoms. The fourth-order valence-electron chi connectivity index (χ4n) is 5.47. The third-order valence-electron chi connectivity index (χ3n) is 8.10. The summed E-state index contributed by atoms with van der Waals surface area (Å²) in [5.41, 5.74) is 10.3. The minimum absolute atomic E-state index is 0. The van der Waals surface area contributed by atoms with Gasteiger partial charge in [0, 0.05) is 33.8 Å². The summed E-state index contributed by atoms with van der Waals surface area (Å²) in [6.07, 6.45) is 1.11. The molecule has 1 fully saturated rings. The van der Waals surface area contributed by atoms with Crippen molar-refractivity contribution in [1.82, 2.24) is 15.0 Å². The van der Waals surface area contributed by atoms with E-state index in [0.29, 0.717) is 49.3 Å². The quantitative estimate of drug-likeness (QED) is 0.153. The summed E-state index contributed by atoms with van der Waals surface area (Å²) in [5, 5.41) is 14.8. The van der Waals surface area contributed by atoms with E-state index in [1.54, 1.807) is 0 Å².